The van der Waals surface area contributed by atoms with Gasteiger partial charge in [0.25, 0.3) is 5.91 Å². The SMILES string of the molecule is COc1cccc(C2=NC3(CCN(S(=O)(=O)c4cccc(Cl)c4)CC3)C(=O)N2)c1. The molecular weight excluding hydrogens is 414 g/mol. The molecule has 2 aromatic rings. The van der Waals surface area contributed by atoms with Crippen LogP contribution in [0.15, 0.2) is 58.4 Å². The standard InChI is InChI=1S/C20H20ClN3O4S/c1-28-16-6-2-4-14(12-16)18-22-19(25)20(23-18)8-10-24(11-9-20)29(26,27)17-7-3-5-15(21)13-17/h2-7,12-13H,8-11H2,1H3,(H,22,23,25). The number of rotatable bonds is 4. The molecule has 1 fully saturated rings. The molecule has 0 saturated carbocycles. The third kappa shape index (κ3) is 3.63. The highest BCUT2D eigenvalue weighted by molar-refractivity contribution is 7.89. The topological polar surface area (TPSA) is 88.1 Å². The predicted molar refractivity (Wildman–Crippen MR) is 110 cm³/mol. The van der Waals surface area contributed by atoms with Gasteiger partial charge in [0.15, 0.2) is 0 Å². The van der Waals surface area contributed by atoms with Gasteiger partial charge in [0, 0.05) is 23.7 Å². The van der Waals surface area contributed by atoms with Crippen LogP contribution in [-0.4, -0.2) is 50.2 Å². The summed E-state index contributed by atoms with van der Waals surface area (Å²) in [5.74, 6) is 0.956. The molecule has 1 saturated heterocycles. The van der Waals surface area contributed by atoms with Gasteiger partial charge < -0.3 is 10.1 Å². The van der Waals surface area contributed by atoms with E-state index in [-0.39, 0.29) is 23.9 Å². The molecule has 0 bridgehead atoms. The van der Waals surface area contributed by atoms with E-state index < -0.39 is 15.6 Å². The van der Waals surface area contributed by atoms with Crippen LogP contribution in [0.1, 0.15) is 18.4 Å². The highest BCUT2D eigenvalue weighted by atomic mass is 35.5. The van der Waals surface area contributed by atoms with Crippen molar-refractivity contribution >= 4 is 33.4 Å². The summed E-state index contributed by atoms with van der Waals surface area (Å²) in [6, 6.07) is 13.5. The maximum Gasteiger partial charge on any atom is 0.253 e. The van der Waals surface area contributed by atoms with Crippen LogP contribution in [0.25, 0.3) is 0 Å². The number of nitrogens with zero attached hydrogens (tertiary/aromatic N) is 2. The lowest BCUT2D eigenvalue weighted by molar-refractivity contribution is -0.124. The summed E-state index contributed by atoms with van der Waals surface area (Å²) in [7, 11) is -2.10. The zero-order valence-corrected chi connectivity index (χ0v) is 17.3. The van der Waals surface area contributed by atoms with Gasteiger partial charge in [0.05, 0.1) is 12.0 Å². The number of methoxy groups -OCH3 is 1. The maximum atomic E-state index is 12.9. The molecule has 1 N–H and O–H groups in total. The second kappa shape index (κ2) is 7.44. The average Bonchev–Trinajstić information content (AvgIpc) is 3.04. The Morgan fingerprint density at radius 1 is 1.14 bits per heavy atom. The second-order valence-corrected chi connectivity index (χ2v) is 9.41. The van der Waals surface area contributed by atoms with E-state index in [9.17, 15) is 13.2 Å². The number of benzene rings is 2. The molecular formula is C20H20ClN3O4S. The first-order valence-corrected chi connectivity index (χ1v) is 11.0. The molecule has 2 aromatic carbocycles. The zero-order chi connectivity index (χ0) is 20.6. The van der Waals surface area contributed by atoms with E-state index in [0.29, 0.717) is 29.4 Å². The highest BCUT2D eigenvalue weighted by Gasteiger charge is 2.47. The van der Waals surface area contributed by atoms with Crippen molar-refractivity contribution in [3.63, 3.8) is 0 Å². The van der Waals surface area contributed by atoms with E-state index in [2.05, 4.69) is 10.3 Å². The number of nitrogens with one attached hydrogen (secondary N) is 1. The number of amides is 1. The van der Waals surface area contributed by atoms with E-state index in [1.807, 2.05) is 18.2 Å². The Hall–Kier alpha value is -2.42. The Labute approximate surface area is 174 Å². The number of piperidine rings is 1. The molecule has 7 nitrogen and oxygen atoms in total. The average molecular weight is 434 g/mol. The number of ether oxygens (including phenoxy) is 1. The van der Waals surface area contributed by atoms with Crippen LogP contribution in [0.4, 0.5) is 0 Å². The number of halogens is 1. The highest BCUT2D eigenvalue weighted by Crippen LogP contribution is 2.33. The van der Waals surface area contributed by atoms with Crippen molar-refractivity contribution in [3.05, 3.63) is 59.1 Å². The number of aliphatic imine (C=N–C) groups is 1. The van der Waals surface area contributed by atoms with Crippen molar-refractivity contribution in [2.45, 2.75) is 23.3 Å². The first kappa shape index (κ1) is 19.9. The number of carbonyl (C=O) groups excluding carboxylic acids is 1. The molecule has 2 aliphatic heterocycles. The first-order chi connectivity index (χ1) is 13.8. The van der Waals surface area contributed by atoms with Crippen LogP contribution < -0.4 is 10.1 Å². The smallest absolute Gasteiger partial charge is 0.253 e. The van der Waals surface area contributed by atoms with Crippen LogP contribution in [0.5, 0.6) is 5.75 Å². The number of hydrogen-bond acceptors (Lipinski definition) is 5. The number of amidine groups is 1. The van der Waals surface area contributed by atoms with Crippen LogP contribution in [0, 0.1) is 0 Å². The molecule has 0 radical (unpaired) electrons. The van der Waals surface area contributed by atoms with Gasteiger partial charge in [0.1, 0.15) is 17.1 Å². The van der Waals surface area contributed by atoms with Gasteiger partial charge >= 0.3 is 0 Å². The lowest BCUT2D eigenvalue weighted by Gasteiger charge is -2.34. The third-order valence-electron chi connectivity index (χ3n) is 5.31. The Morgan fingerprint density at radius 3 is 2.55 bits per heavy atom. The fourth-order valence-corrected chi connectivity index (χ4v) is 5.38. The summed E-state index contributed by atoms with van der Waals surface area (Å²) in [4.78, 5) is 17.5. The molecule has 0 unspecified atom stereocenters. The Bertz CT molecular complexity index is 1090. The summed E-state index contributed by atoms with van der Waals surface area (Å²) < 4.78 is 32.4. The molecule has 1 spiro atoms. The van der Waals surface area contributed by atoms with Gasteiger partial charge in [-0.25, -0.2) is 8.42 Å². The molecule has 2 aliphatic rings. The monoisotopic (exact) mass is 433 g/mol. The van der Waals surface area contributed by atoms with Gasteiger partial charge in [-0.15, -0.1) is 0 Å². The Balaban J connectivity index is 1.55. The van der Waals surface area contributed by atoms with Crippen LogP contribution in [0.3, 0.4) is 0 Å². The van der Waals surface area contributed by atoms with E-state index in [4.69, 9.17) is 16.3 Å². The second-order valence-electron chi connectivity index (χ2n) is 7.04. The van der Waals surface area contributed by atoms with Gasteiger partial charge in [-0.05, 0) is 43.2 Å². The molecule has 2 heterocycles. The van der Waals surface area contributed by atoms with E-state index in [0.717, 1.165) is 5.56 Å². The quantitative estimate of drug-likeness (QED) is 0.802. The molecule has 0 aromatic heterocycles. The van der Waals surface area contributed by atoms with Crippen molar-refractivity contribution in [1.82, 2.24) is 9.62 Å². The van der Waals surface area contributed by atoms with Crippen molar-refractivity contribution in [1.29, 1.82) is 0 Å². The molecule has 9 heteroatoms. The summed E-state index contributed by atoms with van der Waals surface area (Å²) >= 11 is 5.94. The Morgan fingerprint density at radius 2 is 1.86 bits per heavy atom. The fraction of sp³-hybridized carbons (Fsp3) is 0.300. The maximum absolute atomic E-state index is 12.9. The molecule has 29 heavy (non-hydrogen) atoms. The van der Waals surface area contributed by atoms with Gasteiger partial charge in [-0.2, -0.15) is 4.31 Å². The zero-order valence-electron chi connectivity index (χ0n) is 15.8. The van der Waals surface area contributed by atoms with Crippen LogP contribution >= 0.6 is 11.6 Å². The normalized spacial score (nSPS) is 19.1. The summed E-state index contributed by atoms with van der Waals surface area (Å²) in [6.07, 6.45) is 0.623. The van der Waals surface area contributed by atoms with E-state index >= 15 is 0 Å². The summed E-state index contributed by atoms with van der Waals surface area (Å²) in [6.45, 7) is 0.411. The van der Waals surface area contributed by atoms with Gasteiger partial charge in [-0.3, -0.25) is 9.79 Å². The molecule has 0 atom stereocenters. The number of hydrogen-bond donors (Lipinski definition) is 1. The van der Waals surface area contributed by atoms with Gasteiger partial charge in [0.2, 0.25) is 10.0 Å². The van der Waals surface area contributed by atoms with E-state index in [1.165, 1.54) is 16.4 Å². The van der Waals surface area contributed by atoms with Crippen molar-refractivity contribution < 1.29 is 17.9 Å². The van der Waals surface area contributed by atoms with Crippen LogP contribution in [0.2, 0.25) is 5.02 Å². The van der Waals surface area contributed by atoms with Crippen molar-refractivity contribution in [2.24, 2.45) is 4.99 Å². The van der Waals surface area contributed by atoms with Gasteiger partial charge in [-0.1, -0.05) is 29.8 Å². The van der Waals surface area contributed by atoms with Crippen molar-refractivity contribution in [3.8, 4) is 5.75 Å². The first-order valence-electron chi connectivity index (χ1n) is 9.16. The lowest BCUT2D eigenvalue weighted by Crippen LogP contribution is -2.50. The summed E-state index contributed by atoms with van der Waals surface area (Å²) in [5.41, 5.74) is -0.192. The van der Waals surface area contributed by atoms with Crippen molar-refractivity contribution in [2.75, 3.05) is 20.2 Å². The predicted octanol–water partition coefficient (Wildman–Crippen LogP) is 2.45. The number of carbonyl (C=O) groups is 1. The largest absolute Gasteiger partial charge is 0.497 e. The minimum Gasteiger partial charge on any atom is -0.497 e. The third-order valence-corrected chi connectivity index (χ3v) is 7.44. The molecule has 4 rings (SSSR count). The molecule has 0 aliphatic carbocycles. The van der Waals surface area contributed by atoms with E-state index in [1.54, 1.807) is 25.3 Å². The summed E-state index contributed by atoms with van der Waals surface area (Å²) in [5, 5.41) is 3.21. The lowest BCUT2D eigenvalue weighted by atomic mass is 9.89. The Kier molecular flexibility index (Phi) is 5.10. The fourth-order valence-electron chi connectivity index (χ4n) is 3.64. The molecule has 152 valence electrons. The van der Waals surface area contributed by atoms with Crippen LogP contribution in [-0.2, 0) is 14.8 Å². The minimum atomic E-state index is -3.67. The molecule has 1 amide bonds. The number of sulfonamides is 1. The minimum absolute atomic E-state index is 0.150.